The van der Waals surface area contributed by atoms with Crippen molar-refractivity contribution in [3.63, 3.8) is 0 Å². The summed E-state index contributed by atoms with van der Waals surface area (Å²) in [6, 6.07) is 0. The molecule has 0 amide bonds. The average Bonchev–Trinajstić information content (AvgIpc) is 3.01. The number of fused-ring (bicyclic) bond motifs is 1. The summed E-state index contributed by atoms with van der Waals surface area (Å²) >= 11 is 0. The summed E-state index contributed by atoms with van der Waals surface area (Å²) in [5.74, 6) is 4.68. The van der Waals surface area contributed by atoms with E-state index in [1.165, 1.54) is 19.3 Å². The lowest BCUT2D eigenvalue weighted by atomic mass is 9.89. The molecule has 1 nitrogen and oxygen atoms in total. The second-order valence-electron chi connectivity index (χ2n) is 5.80. The molecular weight excluding hydrogens is 172 g/mol. The van der Waals surface area contributed by atoms with Crippen molar-refractivity contribution in [2.75, 3.05) is 0 Å². The Morgan fingerprint density at radius 3 is 2.50 bits per heavy atom. The van der Waals surface area contributed by atoms with E-state index in [-0.39, 0.29) is 0 Å². The summed E-state index contributed by atoms with van der Waals surface area (Å²) in [6.07, 6.45) is 5.41. The molecule has 1 heteroatoms. The molecule has 1 heterocycles. The van der Waals surface area contributed by atoms with E-state index in [1.54, 1.807) is 0 Å². The first-order valence-corrected chi connectivity index (χ1v) is 6.37. The zero-order chi connectivity index (χ0) is 9.87. The van der Waals surface area contributed by atoms with Crippen LogP contribution in [-0.4, -0.2) is 12.2 Å². The maximum Gasteiger partial charge on any atom is 0.0638 e. The molecule has 3 fully saturated rings. The summed E-state index contributed by atoms with van der Waals surface area (Å²) < 4.78 is 6.21. The predicted molar refractivity (Wildman–Crippen MR) is 57.0 cm³/mol. The Bertz CT molecular complexity index is 237. The molecule has 7 atom stereocenters. The molecule has 80 valence electrons. The molecule has 2 saturated carbocycles. The van der Waals surface area contributed by atoms with E-state index in [0.717, 1.165) is 29.6 Å². The van der Waals surface area contributed by atoms with Gasteiger partial charge in [0, 0.05) is 0 Å². The molecule has 0 aromatic rings. The molecule has 0 N–H and O–H groups in total. The van der Waals surface area contributed by atoms with E-state index in [9.17, 15) is 0 Å². The number of rotatable bonds is 2. The van der Waals surface area contributed by atoms with Gasteiger partial charge < -0.3 is 4.74 Å². The third-order valence-corrected chi connectivity index (χ3v) is 4.98. The number of hydrogen-bond donors (Lipinski definition) is 0. The lowest BCUT2D eigenvalue weighted by molar-refractivity contribution is -0.0892. The Balaban J connectivity index is 1.68. The van der Waals surface area contributed by atoms with Crippen molar-refractivity contribution in [2.45, 2.75) is 52.2 Å². The van der Waals surface area contributed by atoms with Gasteiger partial charge in [-0.1, -0.05) is 20.3 Å². The first kappa shape index (κ1) is 9.21. The second kappa shape index (κ2) is 2.98. The van der Waals surface area contributed by atoms with Crippen molar-refractivity contribution in [2.24, 2.45) is 29.6 Å². The van der Waals surface area contributed by atoms with Crippen LogP contribution in [0.15, 0.2) is 0 Å². The fourth-order valence-electron chi connectivity index (χ4n) is 3.73. The van der Waals surface area contributed by atoms with E-state index < -0.39 is 0 Å². The highest BCUT2D eigenvalue weighted by Gasteiger charge is 2.56. The Morgan fingerprint density at radius 1 is 1.07 bits per heavy atom. The number of hydrogen-bond acceptors (Lipinski definition) is 1. The van der Waals surface area contributed by atoms with Gasteiger partial charge in [-0.3, -0.25) is 0 Å². The Hall–Kier alpha value is -0.0400. The van der Waals surface area contributed by atoms with Gasteiger partial charge in [-0.25, -0.2) is 0 Å². The summed E-state index contributed by atoms with van der Waals surface area (Å²) in [6.45, 7) is 7.03. The molecule has 14 heavy (non-hydrogen) atoms. The molecule has 1 saturated heterocycles. The van der Waals surface area contributed by atoms with Gasteiger partial charge in [0.25, 0.3) is 0 Å². The topological polar surface area (TPSA) is 9.23 Å². The molecule has 3 rings (SSSR count). The van der Waals surface area contributed by atoms with Crippen LogP contribution in [0.1, 0.15) is 40.0 Å². The Kier molecular flexibility index (Phi) is 1.96. The fraction of sp³-hybridized carbons (Fsp3) is 1.00. The summed E-state index contributed by atoms with van der Waals surface area (Å²) in [5, 5.41) is 0. The minimum atomic E-state index is 0.555. The van der Waals surface area contributed by atoms with Crippen molar-refractivity contribution in [1.29, 1.82) is 0 Å². The number of ether oxygens (including phenoxy) is 1. The lowest BCUT2D eigenvalue weighted by Gasteiger charge is -2.33. The SMILES string of the molecule is CCC1CC1C1OC(C)C2CC2C1C. The fourth-order valence-corrected chi connectivity index (χ4v) is 3.73. The third-order valence-electron chi connectivity index (χ3n) is 4.98. The maximum atomic E-state index is 6.21. The summed E-state index contributed by atoms with van der Waals surface area (Å²) in [7, 11) is 0. The van der Waals surface area contributed by atoms with E-state index in [0.29, 0.717) is 12.2 Å². The maximum absolute atomic E-state index is 6.21. The molecule has 3 aliphatic rings. The van der Waals surface area contributed by atoms with E-state index in [2.05, 4.69) is 20.8 Å². The van der Waals surface area contributed by atoms with E-state index in [4.69, 9.17) is 4.74 Å². The minimum Gasteiger partial charge on any atom is -0.374 e. The van der Waals surface area contributed by atoms with Gasteiger partial charge in [-0.2, -0.15) is 0 Å². The van der Waals surface area contributed by atoms with Crippen molar-refractivity contribution in [3.8, 4) is 0 Å². The van der Waals surface area contributed by atoms with Crippen LogP contribution in [0.25, 0.3) is 0 Å². The van der Waals surface area contributed by atoms with Crippen LogP contribution in [-0.2, 0) is 4.74 Å². The molecule has 0 radical (unpaired) electrons. The third kappa shape index (κ3) is 1.25. The van der Waals surface area contributed by atoms with Crippen LogP contribution >= 0.6 is 0 Å². The largest absolute Gasteiger partial charge is 0.374 e. The Morgan fingerprint density at radius 2 is 1.86 bits per heavy atom. The van der Waals surface area contributed by atoms with Gasteiger partial charge in [-0.05, 0) is 49.4 Å². The molecule has 0 spiro atoms. The van der Waals surface area contributed by atoms with Gasteiger partial charge in [-0.15, -0.1) is 0 Å². The smallest absolute Gasteiger partial charge is 0.0638 e. The van der Waals surface area contributed by atoms with Gasteiger partial charge in [0.1, 0.15) is 0 Å². The molecule has 1 aliphatic heterocycles. The Labute approximate surface area is 87.2 Å². The van der Waals surface area contributed by atoms with Crippen LogP contribution in [0.2, 0.25) is 0 Å². The van der Waals surface area contributed by atoms with Crippen molar-refractivity contribution >= 4 is 0 Å². The van der Waals surface area contributed by atoms with Crippen molar-refractivity contribution in [3.05, 3.63) is 0 Å². The summed E-state index contributed by atoms with van der Waals surface area (Å²) in [5.41, 5.74) is 0. The highest BCUT2D eigenvalue weighted by molar-refractivity contribution is 5.04. The predicted octanol–water partition coefficient (Wildman–Crippen LogP) is 3.09. The molecule has 0 aromatic heterocycles. The van der Waals surface area contributed by atoms with Crippen LogP contribution in [0.4, 0.5) is 0 Å². The van der Waals surface area contributed by atoms with Gasteiger partial charge in [0.05, 0.1) is 12.2 Å². The first-order valence-electron chi connectivity index (χ1n) is 6.37. The second-order valence-corrected chi connectivity index (χ2v) is 5.80. The highest BCUT2D eigenvalue weighted by Crippen LogP contribution is 2.58. The van der Waals surface area contributed by atoms with E-state index >= 15 is 0 Å². The van der Waals surface area contributed by atoms with E-state index in [1.807, 2.05) is 0 Å². The molecular formula is C13H22O. The van der Waals surface area contributed by atoms with Crippen molar-refractivity contribution in [1.82, 2.24) is 0 Å². The standard InChI is InChI=1S/C13H22O/c1-4-9-5-12(9)13-7(2)10-6-11(10)8(3)14-13/h7-13H,4-6H2,1-3H3. The molecule has 0 aromatic carbocycles. The molecule has 2 aliphatic carbocycles. The molecule has 0 bridgehead atoms. The van der Waals surface area contributed by atoms with Gasteiger partial charge >= 0.3 is 0 Å². The molecule has 7 unspecified atom stereocenters. The van der Waals surface area contributed by atoms with Gasteiger partial charge in [0.2, 0.25) is 0 Å². The monoisotopic (exact) mass is 194 g/mol. The normalized spacial score (nSPS) is 60.6. The highest BCUT2D eigenvalue weighted by atomic mass is 16.5. The van der Waals surface area contributed by atoms with Crippen molar-refractivity contribution < 1.29 is 4.74 Å². The van der Waals surface area contributed by atoms with Crippen LogP contribution in [0.5, 0.6) is 0 Å². The zero-order valence-corrected chi connectivity index (χ0v) is 9.57. The quantitative estimate of drug-likeness (QED) is 0.656. The zero-order valence-electron chi connectivity index (χ0n) is 9.57. The summed E-state index contributed by atoms with van der Waals surface area (Å²) in [4.78, 5) is 0. The minimum absolute atomic E-state index is 0.555. The lowest BCUT2D eigenvalue weighted by Crippen LogP contribution is -2.36. The first-order chi connectivity index (χ1) is 6.72. The van der Waals surface area contributed by atoms with Gasteiger partial charge in [0.15, 0.2) is 0 Å². The van der Waals surface area contributed by atoms with Crippen LogP contribution in [0.3, 0.4) is 0 Å². The van der Waals surface area contributed by atoms with Crippen LogP contribution < -0.4 is 0 Å². The van der Waals surface area contributed by atoms with Crippen LogP contribution in [0, 0.1) is 29.6 Å². The average molecular weight is 194 g/mol.